The molecule has 2 aliphatic rings. The molecule has 1 aromatic rings. The van der Waals surface area contributed by atoms with Crippen LogP contribution in [-0.4, -0.2) is 78.1 Å². The van der Waals surface area contributed by atoms with Crippen molar-refractivity contribution in [3.63, 3.8) is 0 Å². The second kappa shape index (κ2) is 9.96. The molecule has 0 radical (unpaired) electrons. The van der Waals surface area contributed by atoms with Crippen molar-refractivity contribution in [2.24, 2.45) is 0 Å². The quantitative estimate of drug-likeness (QED) is 0.738. The first kappa shape index (κ1) is 24.1. The predicted octanol–water partition coefficient (Wildman–Crippen LogP) is 3.89. The maximum atomic E-state index is 13.4. The van der Waals surface area contributed by atoms with Gasteiger partial charge in [0, 0.05) is 50.5 Å². The minimum atomic E-state index is -0.532. The van der Waals surface area contributed by atoms with Gasteiger partial charge in [0.15, 0.2) is 0 Å². The number of aryl methyl sites for hydroxylation is 1. The molecule has 2 heterocycles. The van der Waals surface area contributed by atoms with Crippen molar-refractivity contribution in [1.82, 2.24) is 14.7 Å². The zero-order valence-corrected chi connectivity index (χ0v) is 20.3. The van der Waals surface area contributed by atoms with Crippen LogP contribution in [0.4, 0.5) is 10.5 Å². The SMILES string of the molecule is Cc1ccc(NC(=O)C(C2=CC=CN(C)C2)N2CCN(C(=O)OC(C)(C)C)CC2)cc1Cl. The summed E-state index contributed by atoms with van der Waals surface area (Å²) < 4.78 is 5.50. The normalized spacial score (nSPS) is 18.2. The van der Waals surface area contributed by atoms with Crippen molar-refractivity contribution < 1.29 is 14.3 Å². The Morgan fingerprint density at radius 1 is 1.16 bits per heavy atom. The summed E-state index contributed by atoms with van der Waals surface area (Å²) >= 11 is 6.25. The molecule has 174 valence electrons. The second-order valence-electron chi connectivity index (χ2n) is 9.36. The molecule has 8 heteroatoms. The Bertz CT molecular complexity index is 914. The number of halogens is 1. The van der Waals surface area contributed by atoms with Gasteiger partial charge < -0.3 is 19.9 Å². The zero-order valence-electron chi connectivity index (χ0n) is 19.5. The third-order valence-corrected chi connectivity index (χ3v) is 5.86. The largest absolute Gasteiger partial charge is 0.444 e. The zero-order chi connectivity index (χ0) is 23.5. The van der Waals surface area contributed by atoms with E-state index >= 15 is 0 Å². The summed E-state index contributed by atoms with van der Waals surface area (Å²) in [5.41, 5.74) is 2.11. The molecule has 2 aliphatic heterocycles. The highest BCUT2D eigenvalue weighted by Crippen LogP contribution is 2.23. The number of hydrogen-bond donors (Lipinski definition) is 1. The molecule has 1 aromatic carbocycles. The van der Waals surface area contributed by atoms with Gasteiger partial charge in [0.25, 0.3) is 0 Å². The van der Waals surface area contributed by atoms with E-state index in [1.54, 1.807) is 11.0 Å². The molecule has 0 bridgehead atoms. The highest BCUT2D eigenvalue weighted by molar-refractivity contribution is 6.31. The van der Waals surface area contributed by atoms with Crippen molar-refractivity contribution in [3.8, 4) is 0 Å². The molecule has 1 saturated heterocycles. The molecule has 1 unspecified atom stereocenters. The summed E-state index contributed by atoms with van der Waals surface area (Å²) in [5, 5.41) is 3.65. The number of benzene rings is 1. The van der Waals surface area contributed by atoms with Gasteiger partial charge in [0.2, 0.25) is 5.91 Å². The van der Waals surface area contributed by atoms with Crippen LogP contribution in [0.25, 0.3) is 0 Å². The summed E-state index contributed by atoms with van der Waals surface area (Å²) in [5.74, 6) is -0.106. The number of carbonyl (C=O) groups excluding carboxylic acids is 2. The fourth-order valence-electron chi connectivity index (χ4n) is 3.82. The van der Waals surface area contributed by atoms with Crippen LogP contribution in [0, 0.1) is 6.92 Å². The number of hydrogen-bond acceptors (Lipinski definition) is 5. The molecule has 0 saturated carbocycles. The summed E-state index contributed by atoms with van der Waals surface area (Å²) in [6, 6.07) is 5.08. The van der Waals surface area contributed by atoms with Crippen molar-refractivity contribution in [1.29, 1.82) is 0 Å². The summed E-state index contributed by atoms with van der Waals surface area (Å²) in [6.07, 6.45) is 5.64. The topological polar surface area (TPSA) is 65.1 Å². The number of nitrogens with zero attached hydrogens (tertiary/aromatic N) is 3. The van der Waals surface area contributed by atoms with E-state index in [1.807, 2.05) is 65.2 Å². The van der Waals surface area contributed by atoms with Crippen molar-refractivity contribution in [2.45, 2.75) is 39.3 Å². The minimum absolute atomic E-state index is 0.106. The number of ether oxygens (including phenoxy) is 1. The predicted molar refractivity (Wildman–Crippen MR) is 128 cm³/mol. The highest BCUT2D eigenvalue weighted by atomic mass is 35.5. The third kappa shape index (κ3) is 6.26. The molecule has 0 aliphatic carbocycles. The van der Waals surface area contributed by atoms with Gasteiger partial charge in [-0.2, -0.15) is 0 Å². The van der Waals surface area contributed by atoms with E-state index in [4.69, 9.17) is 16.3 Å². The van der Waals surface area contributed by atoms with E-state index in [2.05, 4.69) is 15.1 Å². The molecular weight excluding hydrogens is 428 g/mol. The van der Waals surface area contributed by atoms with Gasteiger partial charge in [0.05, 0.1) is 0 Å². The van der Waals surface area contributed by atoms with Gasteiger partial charge in [-0.15, -0.1) is 0 Å². The van der Waals surface area contributed by atoms with Crippen LogP contribution in [0.2, 0.25) is 5.02 Å². The smallest absolute Gasteiger partial charge is 0.410 e. The van der Waals surface area contributed by atoms with Gasteiger partial charge in [-0.05, 0) is 63.2 Å². The summed E-state index contributed by atoms with van der Waals surface area (Å²) in [4.78, 5) is 31.8. The fourth-order valence-corrected chi connectivity index (χ4v) is 4.00. The number of rotatable bonds is 4. The standard InChI is InChI=1S/C24H33ClN4O3/c1-17-8-9-19(15-20(17)25)26-22(30)21(18-7-6-10-27(5)16-18)28-11-13-29(14-12-28)23(31)32-24(2,3)4/h6-10,15,21H,11-14,16H2,1-5H3,(H,26,30). The van der Waals surface area contributed by atoms with Gasteiger partial charge in [0.1, 0.15) is 11.6 Å². The Hall–Kier alpha value is -2.51. The Kier molecular flexibility index (Phi) is 7.51. The number of nitrogens with one attached hydrogen (secondary N) is 1. The molecule has 3 rings (SSSR count). The highest BCUT2D eigenvalue weighted by Gasteiger charge is 2.34. The Morgan fingerprint density at radius 2 is 1.84 bits per heavy atom. The van der Waals surface area contributed by atoms with Gasteiger partial charge in [-0.3, -0.25) is 9.69 Å². The van der Waals surface area contributed by atoms with Gasteiger partial charge in [-0.25, -0.2) is 4.79 Å². The first-order valence-corrected chi connectivity index (χ1v) is 11.3. The molecule has 7 nitrogen and oxygen atoms in total. The number of amides is 2. The van der Waals surface area contributed by atoms with Crippen LogP contribution >= 0.6 is 11.6 Å². The Labute approximate surface area is 195 Å². The van der Waals surface area contributed by atoms with Crippen LogP contribution < -0.4 is 5.32 Å². The van der Waals surface area contributed by atoms with Crippen LogP contribution in [0.3, 0.4) is 0 Å². The molecule has 0 aromatic heterocycles. The van der Waals surface area contributed by atoms with E-state index in [-0.39, 0.29) is 12.0 Å². The molecule has 0 spiro atoms. The third-order valence-electron chi connectivity index (χ3n) is 5.45. The van der Waals surface area contributed by atoms with Crippen molar-refractivity contribution in [3.05, 3.63) is 52.7 Å². The number of anilines is 1. The molecule has 1 N–H and O–H groups in total. The lowest BCUT2D eigenvalue weighted by atomic mass is 10.0. The molecule has 1 fully saturated rings. The Balaban J connectivity index is 1.74. The Morgan fingerprint density at radius 3 is 2.44 bits per heavy atom. The number of likely N-dealkylation sites (N-methyl/N-ethyl adjacent to an activating group) is 1. The number of piperazine rings is 1. The molecule has 2 amide bonds. The van der Waals surface area contributed by atoms with Crippen LogP contribution in [-0.2, 0) is 9.53 Å². The summed E-state index contributed by atoms with van der Waals surface area (Å²) in [7, 11) is 1.98. The monoisotopic (exact) mass is 460 g/mol. The van der Waals surface area contributed by atoms with E-state index < -0.39 is 11.6 Å². The lowest BCUT2D eigenvalue weighted by molar-refractivity contribution is -0.120. The van der Waals surface area contributed by atoms with Crippen LogP contribution in [0.1, 0.15) is 26.3 Å². The van der Waals surface area contributed by atoms with E-state index in [9.17, 15) is 9.59 Å². The van der Waals surface area contributed by atoms with E-state index in [0.717, 1.165) is 11.1 Å². The van der Waals surface area contributed by atoms with Gasteiger partial charge in [-0.1, -0.05) is 23.7 Å². The minimum Gasteiger partial charge on any atom is -0.444 e. The number of carbonyl (C=O) groups is 2. The van der Waals surface area contributed by atoms with Crippen molar-refractivity contribution >= 4 is 29.3 Å². The first-order valence-electron chi connectivity index (χ1n) is 10.9. The number of allylic oxidation sites excluding steroid dienone is 2. The van der Waals surface area contributed by atoms with Crippen LogP contribution in [0.5, 0.6) is 0 Å². The maximum Gasteiger partial charge on any atom is 0.410 e. The van der Waals surface area contributed by atoms with E-state index in [1.165, 1.54) is 0 Å². The lowest BCUT2D eigenvalue weighted by Crippen LogP contribution is -2.56. The van der Waals surface area contributed by atoms with Crippen LogP contribution in [0.15, 0.2) is 42.1 Å². The molecular formula is C24H33ClN4O3. The fraction of sp³-hybridized carbons (Fsp3) is 0.500. The maximum absolute atomic E-state index is 13.4. The van der Waals surface area contributed by atoms with Crippen molar-refractivity contribution in [2.75, 3.05) is 45.1 Å². The molecule has 1 atom stereocenters. The summed E-state index contributed by atoms with van der Waals surface area (Å²) in [6.45, 7) is 10.3. The average molecular weight is 461 g/mol. The molecule has 32 heavy (non-hydrogen) atoms. The first-order chi connectivity index (χ1) is 15.0. The van der Waals surface area contributed by atoms with E-state index in [0.29, 0.717) is 43.4 Å². The second-order valence-corrected chi connectivity index (χ2v) is 9.76. The average Bonchev–Trinajstić information content (AvgIpc) is 2.70. The van der Waals surface area contributed by atoms with Gasteiger partial charge >= 0.3 is 6.09 Å². The lowest BCUT2D eigenvalue weighted by Gasteiger charge is -2.40.